The number of likely N-dealkylation sites (tertiary alicyclic amines) is 1. The zero-order valence-corrected chi connectivity index (χ0v) is 12.4. The van der Waals surface area contributed by atoms with Crippen LogP contribution in [-0.4, -0.2) is 44.1 Å². The Morgan fingerprint density at radius 2 is 2.05 bits per heavy atom. The SMILES string of the molecule is COc1ccc(C(=O)N2C[C@H]3CNC[C@H]3C2)cc1Br. The number of nitrogens with zero attached hydrogens (tertiary/aromatic N) is 1. The van der Waals surface area contributed by atoms with Crippen molar-refractivity contribution in [1.82, 2.24) is 10.2 Å². The predicted molar refractivity (Wildman–Crippen MR) is 76.4 cm³/mol. The van der Waals surface area contributed by atoms with Gasteiger partial charge in [0.25, 0.3) is 5.91 Å². The molecule has 2 atom stereocenters. The monoisotopic (exact) mass is 324 g/mol. The van der Waals surface area contributed by atoms with Crippen molar-refractivity contribution in [1.29, 1.82) is 0 Å². The van der Waals surface area contributed by atoms with Crippen LogP contribution in [0, 0.1) is 11.8 Å². The van der Waals surface area contributed by atoms with E-state index in [4.69, 9.17) is 4.74 Å². The summed E-state index contributed by atoms with van der Waals surface area (Å²) in [7, 11) is 1.62. The number of nitrogens with one attached hydrogen (secondary N) is 1. The van der Waals surface area contributed by atoms with Gasteiger partial charge < -0.3 is 15.0 Å². The number of benzene rings is 1. The van der Waals surface area contributed by atoms with Gasteiger partial charge in [0.2, 0.25) is 0 Å². The summed E-state index contributed by atoms with van der Waals surface area (Å²) in [4.78, 5) is 14.5. The van der Waals surface area contributed by atoms with Crippen molar-refractivity contribution in [2.45, 2.75) is 0 Å². The highest BCUT2D eigenvalue weighted by Crippen LogP contribution is 2.30. The second-order valence-corrected chi connectivity index (χ2v) is 6.09. The maximum absolute atomic E-state index is 12.5. The zero-order valence-electron chi connectivity index (χ0n) is 10.9. The Balaban J connectivity index is 1.75. The van der Waals surface area contributed by atoms with E-state index >= 15 is 0 Å². The number of carbonyl (C=O) groups excluding carboxylic acids is 1. The minimum atomic E-state index is 0.123. The molecule has 2 fully saturated rings. The normalized spacial score (nSPS) is 25.5. The van der Waals surface area contributed by atoms with E-state index in [1.807, 2.05) is 23.1 Å². The third-order valence-electron chi connectivity index (χ3n) is 4.08. The molecule has 1 N–H and O–H groups in total. The Labute approximate surface area is 121 Å². The molecular weight excluding hydrogens is 308 g/mol. The Bertz CT molecular complexity index is 494. The number of methoxy groups -OCH3 is 1. The molecule has 0 spiro atoms. The van der Waals surface area contributed by atoms with Crippen molar-refractivity contribution in [2.24, 2.45) is 11.8 Å². The molecule has 2 heterocycles. The second kappa shape index (κ2) is 5.13. The average molecular weight is 325 g/mol. The number of hydrogen-bond acceptors (Lipinski definition) is 3. The number of fused-ring (bicyclic) bond motifs is 1. The molecule has 0 unspecified atom stereocenters. The van der Waals surface area contributed by atoms with Crippen LogP contribution in [0.5, 0.6) is 5.75 Å². The van der Waals surface area contributed by atoms with Gasteiger partial charge in [-0.05, 0) is 46.0 Å². The molecule has 1 aromatic rings. The topological polar surface area (TPSA) is 41.6 Å². The molecule has 2 aliphatic heterocycles. The van der Waals surface area contributed by atoms with Gasteiger partial charge >= 0.3 is 0 Å². The number of rotatable bonds is 2. The summed E-state index contributed by atoms with van der Waals surface area (Å²) < 4.78 is 6.01. The Morgan fingerprint density at radius 1 is 1.37 bits per heavy atom. The highest BCUT2D eigenvalue weighted by Gasteiger charge is 2.38. The number of hydrogen-bond donors (Lipinski definition) is 1. The molecule has 2 aliphatic rings. The molecule has 0 aliphatic carbocycles. The van der Waals surface area contributed by atoms with Gasteiger partial charge in [0.1, 0.15) is 5.75 Å². The molecule has 0 aromatic heterocycles. The van der Waals surface area contributed by atoms with Gasteiger partial charge in [-0.3, -0.25) is 4.79 Å². The third-order valence-corrected chi connectivity index (χ3v) is 4.70. The van der Waals surface area contributed by atoms with Crippen molar-refractivity contribution < 1.29 is 9.53 Å². The Kier molecular flexibility index (Phi) is 3.50. The van der Waals surface area contributed by atoms with Gasteiger partial charge in [-0.15, -0.1) is 0 Å². The predicted octanol–water partition coefficient (Wildman–Crippen LogP) is 1.75. The molecule has 19 heavy (non-hydrogen) atoms. The first kappa shape index (κ1) is 12.9. The lowest BCUT2D eigenvalue weighted by atomic mass is 10.0. The molecule has 0 saturated carbocycles. The highest BCUT2D eigenvalue weighted by atomic mass is 79.9. The summed E-state index contributed by atoms with van der Waals surface area (Å²) in [6.07, 6.45) is 0. The van der Waals surface area contributed by atoms with Gasteiger partial charge in [0.15, 0.2) is 0 Å². The lowest BCUT2D eigenvalue weighted by Gasteiger charge is -2.18. The summed E-state index contributed by atoms with van der Waals surface area (Å²) in [6.45, 7) is 3.84. The zero-order chi connectivity index (χ0) is 13.4. The van der Waals surface area contributed by atoms with E-state index in [1.165, 1.54) is 0 Å². The molecule has 0 radical (unpaired) electrons. The molecule has 3 rings (SSSR count). The molecule has 1 aromatic carbocycles. The number of carbonyl (C=O) groups is 1. The van der Waals surface area contributed by atoms with Crippen molar-refractivity contribution >= 4 is 21.8 Å². The molecular formula is C14H17BrN2O2. The number of amides is 1. The minimum Gasteiger partial charge on any atom is -0.496 e. The van der Waals surface area contributed by atoms with E-state index < -0.39 is 0 Å². The number of halogens is 1. The van der Waals surface area contributed by atoms with Crippen LogP contribution in [0.3, 0.4) is 0 Å². The molecule has 0 bridgehead atoms. The summed E-state index contributed by atoms with van der Waals surface area (Å²) in [6, 6.07) is 5.50. The van der Waals surface area contributed by atoms with E-state index in [-0.39, 0.29) is 5.91 Å². The largest absolute Gasteiger partial charge is 0.496 e. The van der Waals surface area contributed by atoms with E-state index in [0.29, 0.717) is 11.8 Å². The maximum atomic E-state index is 12.5. The lowest BCUT2D eigenvalue weighted by Crippen LogP contribution is -2.31. The van der Waals surface area contributed by atoms with Crippen molar-refractivity contribution in [3.8, 4) is 5.75 Å². The van der Waals surface area contributed by atoms with Crippen LogP contribution in [0.15, 0.2) is 22.7 Å². The summed E-state index contributed by atoms with van der Waals surface area (Å²) >= 11 is 3.43. The fraction of sp³-hybridized carbons (Fsp3) is 0.500. The van der Waals surface area contributed by atoms with Crippen LogP contribution in [0.2, 0.25) is 0 Å². The fourth-order valence-corrected chi connectivity index (χ4v) is 3.54. The maximum Gasteiger partial charge on any atom is 0.253 e. The van der Waals surface area contributed by atoms with Crippen molar-refractivity contribution in [2.75, 3.05) is 33.3 Å². The van der Waals surface area contributed by atoms with Crippen LogP contribution in [0.1, 0.15) is 10.4 Å². The van der Waals surface area contributed by atoms with E-state index in [9.17, 15) is 4.79 Å². The standard InChI is InChI=1S/C14H17BrN2O2/c1-19-13-3-2-9(4-12(13)15)14(18)17-7-10-5-16-6-11(10)8-17/h2-4,10-11,16H,5-8H2,1H3/t10-,11+. The quantitative estimate of drug-likeness (QED) is 0.901. The van der Waals surface area contributed by atoms with Crippen LogP contribution in [0.4, 0.5) is 0 Å². The first-order chi connectivity index (χ1) is 9.19. The van der Waals surface area contributed by atoms with Crippen molar-refractivity contribution in [3.63, 3.8) is 0 Å². The first-order valence-corrected chi connectivity index (χ1v) is 7.32. The van der Waals surface area contributed by atoms with Gasteiger partial charge in [0.05, 0.1) is 11.6 Å². The van der Waals surface area contributed by atoms with Gasteiger partial charge in [0, 0.05) is 31.7 Å². The lowest BCUT2D eigenvalue weighted by molar-refractivity contribution is 0.0781. The van der Waals surface area contributed by atoms with Crippen LogP contribution in [0.25, 0.3) is 0 Å². The summed E-state index contributed by atoms with van der Waals surface area (Å²) in [5, 5.41) is 3.39. The van der Waals surface area contributed by atoms with Gasteiger partial charge in [-0.2, -0.15) is 0 Å². The number of ether oxygens (including phenoxy) is 1. The highest BCUT2D eigenvalue weighted by molar-refractivity contribution is 9.10. The van der Waals surface area contributed by atoms with Crippen molar-refractivity contribution in [3.05, 3.63) is 28.2 Å². The van der Waals surface area contributed by atoms with Crippen LogP contribution in [-0.2, 0) is 0 Å². The van der Waals surface area contributed by atoms with Gasteiger partial charge in [-0.25, -0.2) is 0 Å². The van der Waals surface area contributed by atoms with E-state index in [2.05, 4.69) is 21.2 Å². The minimum absolute atomic E-state index is 0.123. The van der Waals surface area contributed by atoms with E-state index in [1.54, 1.807) is 7.11 Å². The Hall–Kier alpha value is -1.07. The molecule has 2 saturated heterocycles. The van der Waals surface area contributed by atoms with E-state index in [0.717, 1.165) is 42.0 Å². The molecule has 5 heteroatoms. The van der Waals surface area contributed by atoms with Crippen LogP contribution >= 0.6 is 15.9 Å². The molecule has 102 valence electrons. The summed E-state index contributed by atoms with van der Waals surface area (Å²) in [5.41, 5.74) is 0.723. The first-order valence-electron chi connectivity index (χ1n) is 6.52. The summed E-state index contributed by atoms with van der Waals surface area (Å²) in [5.74, 6) is 2.13. The molecule has 1 amide bonds. The third kappa shape index (κ3) is 2.37. The van der Waals surface area contributed by atoms with Crippen LogP contribution < -0.4 is 10.1 Å². The smallest absolute Gasteiger partial charge is 0.253 e. The average Bonchev–Trinajstić information content (AvgIpc) is 2.98. The fourth-order valence-electron chi connectivity index (χ4n) is 3.00. The molecule has 4 nitrogen and oxygen atoms in total. The van der Waals surface area contributed by atoms with Gasteiger partial charge in [-0.1, -0.05) is 0 Å². The second-order valence-electron chi connectivity index (χ2n) is 5.24. The Morgan fingerprint density at radius 3 is 2.63 bits per heavy atom.